The Morgan fingerprint density at radius 2 is 1.81 bits per heavy atom. The van der Waals surface area contributed by atoms with Gasteiger partial charge < -0.3 is 24.3 Å². The molecule has 0 aromatic carbocycles. The minimum absolute atomic E-state index is 0.191. The smallest absolute Gasteiger partial charge is 0.303 e. The lowest BCUT2D eigenvalue weighted by molar-refractivity contribution is -0.166. The van der Waals surface area contributed by atoms with Gasteiger partial charge in [-0.2, -0.15) is 0 Å². The quantitative estimate of drug-likeness (QED) is 0.231. The number of nitrogens with zero attached hydrogens (tertiary/aromatic N) is 4. The molecule has 0 unspecified atom stereocenters. The van der Waals surface area contributed by atoms with Crippen molar-refractivity contribution in [2.75, 3.05) is 18.5 Å². The van der Waals surface area contributed by atoms with E-state index in [4.69, 9.17) is 18.9 Å². The van der Waals surface area contributed by atoms with Crippen molar-refractivity contribution in [3.8, 4) is 0 Å². The Balaban J connectivity index is 2.05. The normalized spacial score (nSPS) is 22.9. The van der Waals surface area contributed by atoms with Gasteiger partial charge in [0.2, 0.25) is 0 Å². The maximum absolute atomic E-state index is 11.8. The maximum Gasteiger partial charge on any atom is 0.303 e. The van der Waals surface area contributed by atoms with Crippen molar-refractivity contribution in [1.82, 2.24) is 19.5 Å². The summed E-state index contributed by atoms with van der Waals surface area (Å²) in [4.78, 5) is 48.0. The fraction of sp³-hybridized carbons (Fsp3) is 0.556. The average Bonchev–Trinajstić information content (AvgIpc) is 3.21. The largest absolute Gasteiger partial charge is 0.463 e. The van der Waals surface area contributed by atoms with Gasteiger partial charge in [-0.25, -0.2) is 15.0 Å². The molecule has 2 aromatic rings. The van der Waals surface area contributed by atoms with E-state index in [1.807, 2.05) is 29.5 Å². The number of rotatable bonds is 7. The number of anilines is 1. The highest BCUT2D eigenvalue weighted by atomic mass is 127. The zero-order valence-electron chi connectivity index (χ0n) is 17.3. The van der Waals surface area contributed by atoms with Crippen LogP contribution in [0.2, 0.25) is 0 Å². The van der Waals surface area contributed by atoms with Crippen molar-refractivity contribution in [2.24, 2.45) is 0 Å². The first kappa shape index (κ1) is 23.1. The average molecular weight is 547 g/mol. The lowest BCUT2D eigenvalue weighted by Crippen LogP contribution is -2.40. The number of nitrogens with one attached hydrogen (secondary N) is 1. The number of aromatic nitrogens is 4. The van der Waals surface area contributed by atoms with Gasteiger partial charge in [-0.15, -0.1) is 0 Å². The van der Waals surface area contributed by atoms with Crippen molar-refractivity contribution in [1.29, 1.82) is 0 Å². The van der Waals surface area contributed by atoms with Crippen LogP contribution < -0.4 is 5.32 Å². The Hall–Kier alpha value is -2.55. The standard InChI is InChI=1S/C18H22IN5O7/c1-5-20-15-12-16(23-18(19)22-15)24(7-21-12)17-14(30-10(4)27)13(29-9(3)26)11(31-17)6-28-8(2)25/h7,11,13-14,17H,5-6H2,1-4H3,(H,20,22,23)/t11-,13-,14-,17-/m1/s1. The molecule has 168 valence electrons. The van der Waals surface area contributed by atoms with Gasteiger partial charge in [0.25, 0.3) is 0 Å². The highest BCUT2D eigenvalue weighted by molar-refractivity contribution is 14.1. The van der Waals surface area contributed by atoms with E-state index in [0.29, 0.717) is 27.4 Å². The van der Waals surface area contributed by atoms with E-state index < -0.39 is 42.4 Å². The molecule has 13 heteroatoms. The molecule has 1 fully saturated rings. The summed E-state index contributed by atoms with van der Waals surface area (Å²) in [5.74, 6) is -1.17. The third-order valence-corrected chi connectivity index (χ3v) is 4.84. The minimum Gasteiger partial charge on any atom is -0.463 e. The number of hydrogen-bond acceptors (Lipinski definition) is 11. The van der Waals surface area contributed by atoms with Crippen LogP contribution in [0, 0.1) is 3.83 Å². The fourth-order valence-electron chi connectivity index (χ4n) is 3.28. The van der Waals surface area contributed by atoms with E-state index in [2.05, 4.69) is 20.3 Å². The minimum atomic E-state index is -1.02. The second kappa shape index (κ2) is 9.72. The van der Waals surface area contributed by atoms with Crippen LogP contribution in [-0.4, -0.2) is 68.9 Å². The number of imidazole rings is 1. The predicted octanol–water partition coefficient (Wildman–Crippen LogP) is 1.19. The van der Waals surface area contributed by atoms with Crippen LogP contribution in [0.5, 0.6) is 0 Å². The first-order valence-corrected chi connectivity index (χ1v) is 10.6. The van der Waals surface area contributed by atoms with Crippen molar-refractivity contribution in [3.63, 3.8) is 0 Å². The van der Waals surface area contributed by atoms with E-state index in [0.717, 1.165) is 0 Å². The van der Waals surface area contributed by atoms with Crippen molar-refractivity contribution >= 4 is 57.5 Å². The number of esters is 3. The zero-order chi connectivity index (χ0) is 22.7. The summed E-state index contributed by atoms with van der Waals surface area (Å²) >= 11 is 1.98. The highest BCUT2D eigenvalue weighted by Crippen LogP contribution is 2.36. The SMILES string of the molecule is CCNc1nc(I)nc2c1ncn2[C@@H]1O[C@H](COC(C)=O)[C@@H](OC(C)=O)[C@H]1OC(C)=O. The van der Waals surface area contributed by atoms with Crippen LogP contribution in [-0.2, 0) is 33.3 Å². The second-order valence-corrected chi connectivity index (χ2v) is 7.68. The first-order valence-electron chi connectivity index (χ1n) is 9.48. The van der Waals surface area contributed by atoms with E-state index in [-0.39, 0.29) is 6.61 Å². The van der Waals surface area contributed by atoms with Crippen molar-refractivity contribution < 1.29 is 33.3 Å². The molecular weight excluding hydrogens is 525 g/mol. The molecule has 12 nitrogen and oxygen atoms in total. The van der Waals surface area contributed by atoms with Gasteiger partial charge in [0.15, 0.2) is 39.2 Å². The number of carbonyl (C=O) groups excluding carboxylic acids is 3. The predicted molar refractivity (Wildman–Crippen MR) is 114 cm³/mol. The van der Waals surface area contributed by atoms with Crippen LogP contribution in [0.1, 0.15) is 33.9 Å². The summed E-state index contributed by atoms with van der Waals surface area (Å²) in [6.07, 6.45) is -2.34. The summed E-state index contributed by atoms with van der Waals surface area (Å²) in [5.41, 5.74) is 0.937. The van der Waals surface area contributed by atoms with E-state index in [1.54, 1.807) is 4.57 Å². The van der Waals surface area contributed by atoms with E-state index >= 15 is 0 Å². The maximum atomic E-state index is 11.8. The Morgan fingerprint density at radius 1 is 1.13 bits per heavy atom. The molecule has 3 rings (SSSR count). The molecule has 0 aliphatic carbocycles. The number of hydrogen-bond donors (Lipinski definition) is 1. The van der Waals surface area contributed by atoms with Crippen LogP contribution in [0.15, 0.2) is 6.33 Å². The molecule has 0 radical (unpaired) electrons. The highest BCUT2D eigenvalue weighted by Gasteiger charge is 2.51. The van der Waals surface area contributed by atoms with Gasteiger partial charge in [0.05, 0.1) is 6.33 Å². The van der Waals surface area contributed by atoms with Gasteiger partial charge in [-0.1, -0.05) is 0 Å². The molecule has 3 heterocycles. The first-order chi connectivity index (χ1) is 14.7. The Bertz CT molecular complexity index is 997. The molecule has 1 aliphatic heterocycles. The number of carbonyl (C=O) groups is 3. The van der Waals surface area contributed by atoms with Crippen LogP contribution in [0.25, 0.3) is 11.2 Å². The summed E-state index contributed by atoms with van der Waals surface area (Å²) in [6, 6.07) is 0. The van der Waals surface area contributed by atoms with Crippen LogP contribution in [0.4, 0.5) is 5.82 Å². The number of ether oxygens (including phenoxy) is 4. The molecule has 1 aliphatic rings. The fourth-order valence-corrected chi connectivity index (χ4v) is 3.75. The molecule has 0 amide bonds. The van der Waals surface area contributed by atoms with E-state index in [9.17, 15) is 14.4 Å². The second-order valence-electron chi connectivity index (χ2n) is 6.71. The molecule has 0 bridgehead atoms. The van der Waals surface area contributed by atoms with Gasteiger partial charge in [0, 0.05) is 49.9 Å². The van der Waals surface area contributed by atoms with Crippen molar-refractivity contribution in [3.05, 3.63) is 10.2 Å². The summed E-state index contributed by atoms with van der Waals surface area (Å²) in [7, 11) is 0. The van der Waals surface area contributed by atoms with Crippen LogP contribution in [0.3, 0.4) is 0 Å². The van der Waals surface area contributed by atoms with Gasteiger partial charge in [-0.3, -0.25) is 19.0 Å². The molecule has 1 N–H and O–H groups in total. The van der Waals surface area contributed by atoms with E-state index in [1.165, 1.54) is 27.1 Å². The zero-order valence-corrected chi connectivity index (χ0v) is 19.5. The number of fused-ring (bicyclic) bond motifs is 1. The number of halogens is 1. The molecule has 2 aromatic heterocycles. The Kier molecular flexibility index (Phi) is 7.25. The molecule has 1 saturated heterocycles. The Morgan fingerprint density at radius 3 is 2.42 bits per heavy atom. The molecule has 31 heavy (non-hydrogen) atoms. The summed E-state index contributed by atoms with van der Waals surface area (Å²) < 4.78 is 24.0. The summed E-state index contributed by atoms with van der Waals surface area (Å²) in [5, 5.41) is 3.13. The molecular formula is C18H22IN5O7. The summed E-state index contributed by atoms with van der Waals surface area (Å²) in [6.45, 7) is 6.08. The lowest BCUT2D eigenvalue weighted by atomic mass is 10.1. The van der Waals surface area contributed by atoms with Gasteiger partial charge >= 0.3 is 17.9 Å². The van der Waals surface area contributed by atoms with Crippen molar-refractivity contribution in [2.45, 2.75) is 52.2 Å². The topological polar surface area (TPSA) is 144 Å². The van der Waals surface area contributed by atoms with Gasteiger partial charge in [-0.05, 0) is 6.92 Å². The lowest BCUT2D eigenvalue weighted by Gasteiger charge is -2.23. The third kappa shape index (κ3) is 5.20. The Labute approximate surface area is 191 Å². The molecule has 4 atom stereocenters. The third-order valence-electron chi connectivity index (χ3n) is 4.35. The van der Waals surface area contributed by atoms with Crippen LogP contribution >= 0.6 is 22.6 Å². The van der Waals surface area contributed by atoms with Gasteiger partial charge in [0.1, 0.15) is 12.7 Å². The molecule has 0 spiro atoms. The molecule has 0 saturated carbocycles. The monoisotopic (exact) mass is 547 g/mol.